The van der Waals surface area contributed by atoms with Crippen molar-refractivity contribution in [3.05, 3.63) is 52.2 Å². The third-order valence-electron chi connectivity index (χ3n) is 3.41. The van der Waals surface area contributed by atoms with Crippen LogP contribution in [0.15, 0.2) is 35.0 Å². The Hall–Kier alpha value is -1.95. The molecule has 0 amide bonds. The van der Waals surface area contributed by atoms with Gasteiger partial charge in [0, 0.05) is 30.3 Å². The summed E-state index contributed by atoms with van der Waals surface area (Å²) in [7, 11) is 0. The van der Waals surface area contributed by atoms with Gasteiger partial charge in [-0.1, -0.05) is 18.2 Å². The molecule has 0 radical (unpaired) electrons. The number of halogens is 1. The summed E-state index contributed by atoms with van der Waals surface area (Å²) in [5, 5.41) is 4.88. The van der Waals surface area contributed by atoms with Crippen LogP contribution in [-0.4, -0.2) is 24.3 Å². The lowest BCUT2D eigenvalue weighted by Gasteiger charge is -2.10. The van der Waals surface area contributed by atoms with E-state index in [9.17, 15) is 4.79 Å². The predicted octanol–water partition coefficient (Wildman–Crippen LogP) is 1.51. The van der Waals surface area contributed by atoms with E-state index in [2.05, 4.69) is 21.6 Å². The maximum atomic E-state index is 12.4. The molecule has 0 aromatic carbocycles. The van der Waals surface area contributed by atoms with Crippen LogP contribution in [0.4, 0.5) is 0 Å². The first-order valence-corrected chi connectivity index (χ1v) is 6.82. The zero-order valence-corrected chi connectivity index (χ0v) is 11.6. The molecule has 1 atom stereocenters. The van der Waals surface area contributed by atoms with Gasteiger partial charge in [-0.15, -0.1) is 0 Å². The quantitative estimate of drug-likeness (QED) is 0.856. The highest BCUT2D eigenvalue weighted by Crippen LogP contribution is 2.27. The summed E-state index contributed by atoms with van der Waals surface area (Å²) in [4.78, 5) is 20.8. The van der Waals surface area contributed by atoms with Gasteiger partial charge in [-0.2, -0.15) is 5.10 Å². The van der Waals surface area contributed by atoms with E-state index in [0.29, 0.717) is 18.0 Å². The van der Waals surface area contributed by atoms with Gasteiger partial charge in [-0.25, -0.2) is 9.48 Å². The van der Waals surface area contributed by atoms with E-state index >= 15 is 0 Å². The standard InChI is InChI=1S/C13H14ClN5O/c1-9(14)4-7-18-13(20)19-11(2-3-12(19)17-18)10-8-15-5-6-16-10/h5-6,8,11H,1-4,7H2. The van der Waals surface area contributed by atoms with E-state index < -0.39 is 0 Å². The average molecular weight is 292 g/mol. The fourth-order valence-corrected chi connectivity index (χ4v) is 2.56. The van der Waals surface area contributed by atoms with Crippen molar-refractivity contribution in [2.75, 3.05) is 0 Å². The van der Waals surface area contributed by atoms with Crippen molar-refractivity contribution in [1.82, 2.24) is 24.3 Å². The fourth-order valence-electron chi connectivity index (χ4n) is 2.48. The zero-order chi connectivity index (χ0) is 14.1. The van der Waals surface area contributed by atoms with Gasteiger partial charge in [0.1, 0.15) is 5.82 Å². The van der Waals surface area contributed by atoms with Crippen LogP contribution in [0.1, 0.15) is 30.4 Å². The van der Waals surface area contributed by atoms with Gasteiger partial charge in [-0.05, 0) is 6.42 Å². The Balaban J connectivity index is 1.93. The first-order chi connectivity index (χ1) is 9.66. The Morgan fingerprint density at radius 2 is 2.35 bits per heavy atom. The lowest BCUT2D eigenvalue weighted by atomic mass is 10.1. The zero-order valence-electron chi connectivity index (χ0n) is 10.9. The molecule has 0 fully saturated rings. The fraction of sp³-hybridized carbons (Fsp3) is 0.385. The summed E-state index contributed by atoms with van der Waals surface area (Å²) < 4.78 is 3.16. The number of nitrogens with zero attached hydrogens (tertiary/aromatic N) is 5. The number of hydrogen-bond acceptors (Lipinski definition) is 4. The van der Waals surface area contributed by atoms with E-state index in [1.165, 1.54) is 4.68 Å². The summed E-state index contributed by atoms with van der Waals surface area (Å²) in [5.74, 6) is 0.797. The highest BCUT2D eigenvalue weighted by Gasteiger charge is 2.29. The minimum absolute atomic E-state index is 0.0702. The highest BCUT2D eigenvalue weighted by atomic mass is 35.5. The minimum Gasteiger partial charge on any atom is -0.270 e. The van der Waals surface area contributed by atoms with Crippen molar-refractivity contribution in [3.8, 4) is 0 Å². The maximum absolute atomic E-state index is 12.4. The van der Waals surface area contributed by atoms with E-state index in [-0.39, 0.29) is 11.7 Å². The molecular weight excluding hydrogens is 278 g/mol. The second-order valence-corrected chi connectivity index (χ2v) is 5.28. The average Bonchev–Trinajstić information content (AvgIpc) is 2.98. The van der Waals surface area contributed by atoms with Gasteiger partial charge in [-0.3, -0.25) is 14.5 Å². The van der Waals surface area contributed by atoms with E-state index in [0.717, 1.165) is 24.4 Å². The van der Waals surface area contributed by atoms with Gasteiger partial charge in [0.15, 0.2) is 0 Å². The normalized spacial score (nSPS) is 17.1. The van der Waals surface area contributed by atoms with Crippen molar-refractivity contribution in [2.45, 2.75) is 31.8 Å². The third-order valence-corrected chi connectivity index (χ3v) is 3.60. The molecule has 104 valence electrons. The molecule has 1 aliphatic heterocycles. The Labute approximate surface area is 120 Å². The van der Waals surface area contributed by atoms with E-state index in [1.807, 2.05) is 0 Å². The van der Waals surface area contributed by atoms with Gasteiger partial charge in [0.2, 0.25) is 0 Å². The van der Waals surface area contributed by atoms with Gasteiger partial charge < -0.3 is 0 Å². The number of aryl methyl sites for hydroxylation is 2. The molecule has 2 aromatic rings. The number of aromatic nitrogens is 5. The van der Waals surface area contributed by atoms with Crippen molar-refractivity contribution < 1.29 is 0 Å². The van der Waals surface area contributed by atoms with E-state index in [1.54, 1.807) is 23.2 Å². The number of hydrogen-bond donors (Lipinski definition) is 0. The van der Waals surface area contributed by atoms with Crippen LogP contribution in [0.3, 0.4) is 0 Å². The van der Waals surface area contributed by atoms with Gasteiger partial charge in [0.25, 0.3) is 0 Å². The van der Waals surface area contributed by atoms with Crippen LogP contribution in [0.5, 0.6) is 0 Å². The van der Waals surface area contributed by atoms with Crippen molar-refractivity contribution in [1.29, 1.82) is 0 Å². The Morgan fingerprint density at radius 1 is 1.50 bits per heavy atom. The molecule has 3 heterocycles. The maximum Gasteiger partial charge on any atom is 0.346 e. The van der Waals surface area contributed by atoms with Crippen LogP contribution >= 0.6 is 11.6 Å². The molecule has 1 aliphatic rings. The summed E-state index contributed by atoms with van der Waals surface area (Å²) in [5.41, 5.74) is 0.681. The molecule has 0 saturated carbocycles. The van der Waals surface area contributed by atoms with Gasteiger partial charge in [0.05, 0.1) is 24.5 Å². The molecule has 0 aliphatic carbocycles. The second kappa shape index (κ2) is 5.20. The van der Waals surface area contributed by atoms with Crippen LogP contribution in [0.2, 0.25) is 0 Å². The van der Waals surface area contributed by atoms with Crippen LogP contribution in [0, 0.1) is 0 Å². The monoisotopic (exact) mass is 291 g/mol. The summed E-state index contributed by atoms with van der Waals surface area (Å²) in [6, 6.07) is -0.0702. The first kappa shape index (κ1) is 13.1. The third kappa shape index (κ3) is 2.27. The molecule has 1 unspecified atom stereocenters. The molecule has 0 spiro atoms. The highest BCUT2D eigenvalue weighted by molar-refractivity contribution is 6.29. The van der Waals surface area contributed by atoms with Crippen molar-refractivity contribution >= 4 is 11.6 Å². The molecule has 3 rings (SSSR count). The van der Waals surface area contributed by atoms with Crippen LogP contribution in [0.25, 0.3) is 0 Å². The molecular formula is C13H14ClN5O. The largest absolute Gasteiger partial charge is 0.346 e. The SMILES string of the molecule is C=C(Cl)CCn1nc2n(c1=O)C(c1cnccn1)CC2. The second-order valence-electron chi connectivity index (χ2n) is 4.74. The number of rotatable bonds is 4. The summed E-state index contributed by atoms with van der Waals surface area (Å²) >= 11 is 5.74. The number of fused-ring (bicyclic) bond motifs is 1. The topological polar surface area (TPSA) is 65.6 Å². The van der Waals surface area contributed by atoms with E-state index in [4.69, 9.17) is 11.6 Å². The lowest BCUT2D eigenvalue weighted by molar-refractivity contribution is 0.530. The Kier molecular flexibility index (Phi) is 3.40. The van der Waals surface area contributed by atoms with Crippen LogP contribution in [-0.2, 0) is 13.0 Å². The van der Waals surface area contributed by atoms with Crippen LogP contribution < -0.4 is 5.69 Å². The lowest BCUT2D eigenvalue weighted by Crippen LogP contribution is -2.27. The molecule has 2 aromatic heterocycles. The number of allylic oxidation sites excluding steroid dienone is 1. The smallest absolute Gasteiger partial charge is 0.270 e. The van der Waals surface area contributed by atoms with Gasteiger partial charge >= 0.3 is 5.69 Å². The molecule has 0 N–H and O–H groups in total. The predicted molar refractivity (Wildman–Crippen MR) is 74.6 cm³/mol. The molecule has 20 heavy (non-hydrogen) atoms. The summed E-state index contributed by atoms with van der Waals surface area (Å²) in [6.07, 6.45) is 7.10. The summed E-state index contributed by atoms with van der Waals surface area (Å²) in [6.45, 7) is 4.08. The molecule has 7 heteroatoms. The molecule has 0 saturated heterocycles. The Morgan fingerprint density at radius 3 is 3.05 bits per heavy atom. The first-order valence-electron chi connectivity index (χ1n) is 6.44. The van der Waals surface area contributed by atoms with Crippen molar-refractivity contribution in [3.63, 3.8) is 0 Å². The molecule has 6 nitrogen and oxygen atoms in total. The minimum atomic E-state index is -0.119. The van der Waals surface area contributed by atoms with Crippen molar-refractivity contribution in [2.24, 2.45) is 0 Å². The Bertz CT molecular complexity index is 691. The molecule has 0 bridgehead atoms.